The molecular formula is C22H22Cl2N4O2. The van der Waals surface area contributed by atoms with Gasteiger partial charge in [-0.1, -0.05) is 52.6 Å². The molecule has 3 aromatic rings. The van der Waals surface area contributed by atoms with Gasteiger partial charge < -0.3 is 9.84 Å². The minimum atomic E-state index is -0.00780. The third-order valence-corrected chi connectivity index (χ3v) is 5.81. The molecule has 0 radical (unpaired) electrons. The van der Waals surface area contributed by atoms with Crippen molar-refractivity contribution >= 4 is 29.1 Å². The van der Waals surface area contributed by atoms with E-state index in [-0.39, 0.29) is 18.4 Å². The standard InChI is InChI=1S/C22H22Cl2N4O2/c23-17-5-3-4-15(12-17)14-28-10-8-16(9-11-28)22(29)25-13-20-26-21(27-30-20)18-6-1-2-7-19(18)24/h1-7,12,16H,8-11,13-14H2,(H,25,29). The maximum absolute atomic E-state index is 12.6. The molecule has 0 bridgehead atoms. The predicted octanol–water partition coefficient (Wildman–Crippen LogP) is 4.57. The molecule has 4 rings (SSSR count). The minimum absolute atomic E-state index is 0.00780. The number of hydrogen-bond acceptors (Lipinski definition) is 5. The van der Waals surface area contributed by atoms with Gasteiger partial charge in [0.05, 0.1) is 11.6 Å². The Morgan fingerprint density at radius 2 is 1.93 bits per heavy atom. The topological polar surface area (TPSA) is 71.3 Å². The quantitative estimate of drug-likeness (QED) is 0.602. The Bertz CT molecular complexity index is 1020. The zero-order valence-corrected chi connectivity index (χ0v) is 17.9. The van der Waals surface area contributed by atoms with E-state index in [0.717, 1.165) is 37.5 Å². The third kappa shape index (κ3) is 5.19. The van der Waals surface area contributed by atoms with Crippen LogP contribution in [0.4, 0.5) is 0 Å². The van der Waals surface area contributed by atoms with Crippen LogP contribution in [-0.2, 0) is 17.9 Å². The molecule has 1 aliphatic rings. The number of carbonyl (C=O) groups excluding carboxylic acids is 1. The number of nitrogens with zero attached hydrogens (tertiary/aromatic N) is 3. The monoisotopic (exact) mass is 444 g/mol. The maximum atomic E-state index is 12.6. The fourth-order valence-corrected chi connectivity index (χ4v) is 4.07. The minimum Gasteiger partial charge on any atom is -0.347 e. The third-order valence-electron chi connectivity index (χ3n) is 5.25. The molecule has 0 aliphatic carbocycles. The van der Waals surface area contributed by atoms with Crippen molar-refractivity contribution in [3.05, 3.63) is 70.0 Å². The molecule has 6 nitrogen and oxygen atoms in total. The van der Waals surface area contributed by atoms with Crippen molar-refractivity contribution in [3.63, 3.8) is 0 Å². The molecule has 0 spiro atoms. The molecule has 2 aromatic carbocycles. The second kappa shape index (κ2) is 9.60. The first-order valence-electron chi connectivity index (χ1n) is 9.90. The van der Waals surface area contributed by atoms with Crippen molar-refractivity contribution in [1.29, 1.82) is 0 Å². The Labute approximate surface area is 185 Å². The Morgan fingerprint density at radius 3 is 2.70 bits per heavy atom. The van der Waals surface area contributed by atoms with Gasteiger partial charge in [0.15, 0.2) is 0 Å². The molecule has 0 atom stereocenters. The van der Waals surface area contributed by atoms with Gasteiger partial charge >= 0.3 is 0 Å². The highest BCUT2D eigenvalue weighted by atomic mass is 35.5. The summed E-state index contributed by atoms with van der Waals surface area (Å²) in [6.45, 7) is 2.81. The van der Waals surface area contributed by atoms with Crippen LogP contribution in [0.25, 0.3) is 11.4 Å². The van der Waals surface area contributed by atoms with E-state index in [2.05, 4.69) is 26.4 Å². The number of hydrogen-bond donors (Lipinski definition) is 1. The second-order valence-electron chi connectivity index (χ2n) is 7.39. The molecule has 1 fully saturated rings. The van der Waals surface area contributed by atoms with Gasteiger partial charge in [0.2, 0.25) is 17.6 Å². The van der Waals surface area contributed by atoms with Gasteiger partial charge in [0.1, 0.15) is 0 Å². The van der Waals surface area contributed by atoms with E-state index in [1.54, 1.807) is 6.07 Å². The number of piperidine rings is 1. The molecular weight excluding hydrogens is 423 g/mol. The van der Waals surface area contributed by atoms with E-state index in [9.17, 15) is 4.79 Å². The van der Waals surface area contributed by atoms with Gasteiger partial charge in [-0.25, -0.2) is 0 Å². The zero-order chi connectivity index (χ0) is 20.9. The summed E-state index contributed by atoms with van der Waals surface area (Å²) in [4.78, 5) is 19.2. The van der Waals surface area contributed by atoms with Crippen molar-refractivity contribution in [1.82, 2.24) is 20.4 Å². The number of rotatable bonds is 6. The first-order chi connectivity index (χ1) is 14.6. The van der Waals surface area contributed by atoms with E-state index in [1.807, 2.05) is 36.4 Å². The molecule has 2 heterocycles. The van der Waals surface area contributed by atoms with Crippen LogP contribution in [0.5, 0.6) is 0 Å². The van der Waals surface area contributed by atoms with Crippen molar-refractivity contribution in [2.45, 2.75) is 25.9 Å². The SMILES string of the molecule is O=C(NCc1nc(-c2ccccc2Cl)no1)C1CCN(Cc2cccc(Cl)c2)CC1. The molecule has 156 valence electrons. The van der Waals surface area contributed by atoms with Crippen LogP contribution in [0.1, 0.15) is 24.3 Å². The Hall–Kier alpha value is -2.41. The number of amides is 1. The van der Waals surface area contributed by atoms with Crippen LogP contribution in [-0.4, -0.2) is 34.0 Å². The summed E-state index contributed by atoms with van der Waals surface area (Å²) < 4.78 is 5.25. The molecule has 1 aliphatic heterocycles. The van der Waals surface area contributed by atoms with Crippen LogP contribution in [0, 0.1) is 5.92 Å². The summed E-state index contributed by atoms with van der Waals surface area (Å²) in [6, 6.07) is 15.2. The number of halogens is 2. The summed E-state index contributed by atoms with van der Waals surface area (Å²) in [5.41, 5.74) is 1.89. The average molecular weight is 445 g/mol. The second-order valence-corrected chi connectivity index (χ2v) is 8.23. The first kappa shape index (κ1) is 20.8. The van der Waals surface area contributed by atoms with Crippen molar-refractivity contribution in [2.24, 2.45) is 5.92 Å². The fraction of sp³-hybridized carbons (Fsp3) is 0.318. The Kier molecular flexibility index (Phi) is 6.67. The molecule has 1 saturated heterocycles. The van der Waals surface area contributed by atoms with E-state index < -0.39 is 0 Å². The summed E-state index contributed by atoms with van der Waals surface area (Å²) >= 11 is 12.2. The predicted molar refractivity (Wildman–Crippen MR) is 116 cm³/mol. The Morgan fingerprint density at radius 1 is 1.13 bits per heavy atom. The number of likely N-dealkylation sites (tertiary alicyclic amines) is 1. The van der Waals surface area contributed by atoms with Crippen molar-refractivity contribution in [3.8, 4) is 11.4 Å². The highest BCUT2D eigenvalue weighted by Crippen LogP contribution is 2.25. The van der Waals surface area contributed by atoms with Gasteiger partial charge in [-0.15, -0.1) is 0 Å². The number of benzene rings is 2. The van der Waals surface area contributed by atoms with Gasteiger partial charge in [-0.05, 0) is 55.8 Å². The highest BCUT2D eigenvalue weighted by Gasteiger charge is 2.25. The van der Waals surface area contributed by atoms with Gasteiger partial charge in [-0.2, -0.15) is 4.98 Å². The van der Waals surface area contributed by atoms with Crippen LogP contribution < -0.4 is 5.32 Å². The van der Waals surface area contributed by atoms with E-state index in [4.69, 9.17) is 27.7 Å². The molecule has 8 heteroatoms. The van der Waals surface area contributed by atoms with Crippen molar-refractivity contribution in [2.75, 3.05) is 13.1 Å². The summed E-state index contributed by atoms with van der Waals surface area (Å²) in [6.07, 6.45) is 1.64. The van der Waals surface area contributed by atoms with Crippen LogP contribution >= 0.6 is 23.2 Å². The van der Waals surface area contributed by atoms with Crippen LogP contribution in [0.3, 0.4) is 0 Å². The zero-order valence-electron chi connectivity index (χ0n) is 16.4. The lowest BCUT2D eigenvalue weighted by Gasteiger charge is -2.31. The number of nitrogens with one attached hydrogen (secondary N) is 1. The molecule has 30 heavy (non-hydrogen) atoms. The normalized spacial score (nSPS) is 15.3. The first-order valence-corrected chi connectivity index (χ1v) is 10.7. The summed E-state index contributed by atoms with van der Waals surface area (Å²) in [5, 5.41) is 8.18. The molecule has 0 unspecified atom stereocenters. The average Bonchev–Trinajstić information content (AvgIpc) is 3.22. The highest BCUT2D eigenvalue weighted by molar-refractivity contribution is 6.33. The molecule has 1 aromatic heterocycles. The summed E-state index contributed by atoms with van der Waals surface area (Å²) in [5.74, 6) is 0.789. The van der Waals surface area contributed by atoms with E-state index in [0.29, 0.717) is 22.3 Å². The van der Waals surface area contributed by atoms with Gasteiger partial charge in [-0.3, -0.25) is 9.69 Å². The lowest BCUT2D eigenvalue weighted by molar-refractivity contribution is -0.126. The Balaban J connectivity index is 1.25. The van der Waals surface area contributed by atoms with Gasteiger partial charge in [0.25, 0.3) is 0 Å². The number of aromatic nitrogens is 2. The van der Waals surface area contributed by atoms with Crippen LogP contribution in [0.15, 0.2) is 53.1 Å². The van der Waals surface area contributed by atoms with E-state index >= 15 is 0 Å². The lowest BCUT2D eigenvalue weighted by atomic mass is 9.95. The number of carbonyl (C=O) groups is 1. The molecule has 1 amide bonds. The van der Waals surface area contributed by atoms with Crippen molar-refractivity contribution < 1.29 is 9.32 Å². The van der Waals surface area contributed by atoms with E-state index in [1.165, 1.54) is 5.56 Å². The summed E-state index contributed by atoms with van der Waals surface area (Å²) in [7, 11) is 0. The molecule has 0 saturated carbocycles. The largest absolute Gasteiger partial charge is 0.347 e. The fourth-order valence-electron chi connectivity index (χ4n) is 3.63. The smallest absolute Gasteiger partial charge is 0.246 e. The van der Waals surface area contributed by atoms with Crippen LogP contribution in [0.2, 0.25) is 10.0 Å². The van der Waals surface area contributed by atoms with Gasteiger partial charge in [0, 0.05) is 23.0 Å². The molecule has 1 N–H and O–H groups in total. The maximum Gasteiger partial charge on any atom is 0.246 e. The lowest BCUT2D eigenvalue weighted by Crippen LogP contribution is -2.40.